The van der Waals surface area contributed by atoms with Gasteiger partial charge in [0.1, 0.15) is 10.6 Å². The van der Waals surface area contributed by atoms with Gasteiger partial charge in [0.05, 0.1) is 5.02 Å². The van der Waals surface area contributed by atoms with Gasteiger partial charge < -0.3 is 5.11 Å². The molecule has 2 aromatic rings. The molecule has 100 valence electrons. The van der Waals surface area contributed by atoms with Gasteiger partial charge in [-0.3, -0.25) is 4.72 Å². The Morgan fingerprint density at radius 2 is 1.84 bits per heavy atom. The molecule has 0 aromatic heterocycles. The zero-order valence-corrected chi connectivity index (χ0v) is 11.7. The summed E-state index contributed by atoms with van der Waals surface area (Å²) in [5.41, 5.74) is 0.953. The first-order valence-corrected chi connectivity index (χ1v) is 7.33. The van der Waals surface area contributed by atoms with Crippen molar-refractivity contribution >= 4 is 27.3 Å². The fourth-order valence-electron chi connectivity index (χ4n) is 1.59. The summed E-state index contributed by atoms with van der Waals surface area (Å²) in [6.45, 7) is 1.68. The minimum absolute atomic E-state index is 0.0161. The molecule has 0 spiro atoms. The van der Waals surface area contributed by atoms with Gasteiger partial charge >= 0.3 is 0 Å². The van der Waals surface area contributed by atoms with Crippen LogP contribution in [-0.2, 0) is 10.0 Å². The van der Waals surface area contributed by atoms with Crippen molar-refractivity contribution in [2.24, 2.45) is 0 Å². The van der Waals surface area contributed by atoms with E-state index in [1.807, 2.05) is 0 Å². The van der Waals surface area contributed by atoms with Gasteiger partial charge in [0.15, 0.2) is 0 Å². The number of hydrogen-bond donors (Lipinski definition) is 2. The quantitative estimate of drug-likeness (QED) is 0.855. The molecule has 0 fully saturated rings. The molecule has 6 heteroatoms. The van der Waals surface area contributed by atoms with Gasteiger partial charge in [0.2, 0.25) is 0 Å². The standard InChI is InChI=1S/C13H12ClNO3S/c1-9-8-10(6-7-12(9)16)15-19(17,18)13-5-3-2-4-11(13)14/h2-8,15-16H,1H3. The summed E-state index contributed by atoms with van der Waals surface area (Å²) in [4.78, 5) is 0.0161. The van der Waals surface area contributed by atoms with Crippen molar-refractivity contribution in [3.63, 3.8) is 0 Å². The van der Waals surface area contributed by atoms with Gasteiger partial charge in [0.25, 0.3) is 10.0 Å². The second kappa shape index (κ2) is 5.11. The molecule has 19 heavy (non-hydrogen) atoms. The van der Waals surface area contributed by atoms with E-state index in [4.69, 9.17) is 11.6 Å². The first-order valence-electron chi connectivity index (χ1n) is 5.47. The van der Waals surface area contributed by atoms with Crippen LogP contribution in [0.25, 0.3) is 0 Å². The summed E-state index contributed by atoms with van der Waals surface area (Å²) in [5.74, 6) is 0.112. The fraction of sp³-hybridized carbons (Fsp3) is 0.0769. The third-order valence-corrected chi connectivity index (χ3v) is 4.46. The summed E-state index contributed by atoms with van der Waals surface area (Å²) in [6.07, 6.45) is 0. The molecule has 4 nitrogen and oxygen atoms in total. The molecule has 0 amide bonds. The van der Waals surface area contributed by atoms with E-state index in [0.717, 1.165) is 0 Å². The van der Waals surface area contributed by atoms with Crippen molar-refractivity contribution in [3.05, 3.63) is 53.1 Å². The van der Waals surface area contributed by atoms with Crippen molar-refractivity contribution in [2.75, 3.05) is 4.72 Å². The van der Waals surface area contributed by atoms with Crippen LogP contribution in [0.1, 0.15) is 5.56 Å². The SMILES string of the molecule is Cc1cc(NS(=O)(=O)c2ccccc2Cl)ccc1O. The van der Waals surface area contributed by atoms with Crippen LogP contribution in [0.15, 0.2) is 47.4 Å². The molecule has 0 atom stereocenters. The number of nitrogens with one attached hydrogen (secondary N) is 1. The Labute approximate surface area is 116 Å². The Bertz CT molecular complexity index is 714. The Hall–Kier alpha value is -1.72. The third kappa shape index (κ3) is 3.00. The lowest BCUT2D eigenvalue weighted by Crippen LogP contribution is -2.13. The first kappa shape index (κ1) is 13.7. The highest BCUT2D eigenvalue weighted by atomic mass is 35.5. The molecule has 0 bridgehead atoms. The van der Waals surface area contributed by atoms with Crippen molar-refractivity contribution in [1.29, 1.82) is 0 Å². The van der Waals surface area contributed by atoms with E-state index in [-0.39, 0.29) is 15.7 Å². The number of halogens is 1. The summed E-state index contributed by atoms with van der Waals surface area (Å²) in [7, 11) is -3.74. The second-order valence-corrected chi connectivity index (χ2v) is 6.10. The van der Waals surface area contributed by atoms with Crippen LogP contribution in [0, 0.1) is 6.92 Å². The molecule has 0 radical (unpaired) electrons. The highest BCUT2D eigenvalue weighted by Crippen LogP contribution is 2.25. The van der Waals surface area contributed by atoms with E-state index in [0.29, 0.717) is 11.3 Å². The van der Waals surface area contributed by atoms with Gasteiger partial charge in [-0.05, 0) is 42.8 Å². The van der Waals surface area contributed by atoms with Crippen LogP contribution in [0.3, 0.4) is 0 Å². The first-order chi connectivity index (χ1) is 8.90. The number of phenolic OH excluding ortho intramolecular Hbond substituents is 1. The Morgan fingerprint density at radius 3 is 2.47 bits per heavy atom. The molecular weight excluding hydrogens is 286 g/mol. The molecule has 2 N–H and O–H groups in total. The number of benzene rings is 2. The van der Waals surface area contributed by atoms with Crippen LogP contribution in [0.4, 0.5) is 5.69 Å². The van der Waals surface area contributed by atoms with Gasteiger partial charge in [-0.2, -0.15) is 0 Å². The Balaban J connectivity index is 2.37. The van der Waals surface area contributed by atoms with E-state index in [1.165, 1.54) is 24.3 Å². The zero-order valence-electron chi connectivity index (χ0n) is 10.1. The smallest absolute Gasteiger partial charge is 0.263 e. The van der Waals surface area contributed by atoms with Gasteiger partial charge in [-0.1, -0.05) is 23.7 Å². The predicted octanol–water partition coefficient (Wildman–Crippen LogP) is 3.15. The molecule has 0 aliphatic heterocycles. The number of phenols is 1. The normalized spacial score (nSPS) is 11.3. The maximum atomic E-state index is 12.2. The summed E-state index contributed by atoms with van der Waals surface area (Å²) < 4.78 is 26.7. The van der Waals surface area contributed by atoms with Crippen LogP contribution in [-0.4, -0.2) is 13.5 Å². The summed E-state index contributed by atoms with van der Waals surface area (Å²) in [5, 5.41) is 9.56. The van der Waals surface area contributed by atoms with Crippen molar-refractivity contribution in [3.8, 4) is 5.75 Å². The number of aromatic hydroxyl groups is 1. The highest BCUT2D eigenvalue weighted by Gasteiger charge is 2.17. The van der Waals surface area contributed by atoms with Crippen molar-refractivity contribution in [1.82, 2.24) is 0 Å². The Morgan fingerprint density at radius 1 is 1.16 bits per heavy atom. The topological polar surface area (TPSA) is 66.4 Å². The monoisotopic (exact) mass is 297 g/mol. The largest absolute Gasteiger partial charge is 0.508 e. The second-order valence-electron chi connectivity index (χ2n) is 4.04. The molecule has 2 rings (SSSR count). The van der Waals surface area contributed by atoms with E-state index < -0.39 is 10.0 Å². The van der Waals surface area contributed by atoms with Crippen LogP contribution in [0.2, 0.25) is 5.02 Å². The van der Waals surface area contributed by atoms with Crippen LogP contribution < -0.4 is 4.72 Å². The van der Waals surface area contributed by atoms with E-state index >= 15 is 0 Å². The lowest BCUT2D eigenvalue weighted by molar-refractivity contribution is 0.471. The minimum atomic E-state index is -3.74. The molecule has 0 saturated carbocycles. The van der Waals surface area contributed by atoms with E-state index in [2.05, 4.69) is 4.72 Å². The summed E-state index contributed by atoms with van der Waals surface area (Å²) in [6, 6.07) is 10.7. The number of hydrogen-bond acceptors (Lipinski definition) is 3. The third-order valence-electron chi connectivity index (χ3n) is 2.58. The highest BCUT2D eigenvalue weighted by molar-refractivity contribution is 7.92. The predicted molar refractivity (Wildman–Crippen MR) is 75.1 cm³/mol. The lowest BCUT2D eigenvalue weighted by atomic mass is 10.2. The maximum absolute atomic E-state index is 12.2. The molecule has 0 heterocycles. The molecule has 0 unspecified atom stereocenters. The number of rotatable bonds is 3. The molecule has 0 aliphatic rings. The maximum Gasteiger partial charge on any atom is 0.263 e. The van der Waals surface area contributed by atoms with Crippen molar-refractivity contribution in [2.45, 2.75) is 11.8 Å². The van der Waals surface area contributed by atoms with E-state index in [9.17, 15) is 13.5 Å². The molecular formula is C13H12ClNO3S. The number of sulfonamides is 1. The number of anilines is 1. The van der Waals surface area contributed by atoms with Crippen LogP contribution in [0.5, 0.6) is 5.75 Å². The summed E-state index contributed by atoms with van der Waals surface area (Å²) >= 11 is 5.87. The van der Waals surface area contributed by atoms with Crippen LogP contribution >= 0.6 is 11.6 Å². The van der Waals surface area contributed by atoms with Gasteiger partial charge in [0, 0.05) is 5.69 Å². The average Bonchev–Trinajstić information content (AvgIpc) is 2.34. The lowest BCUT2D eigenvalue weighted by Gasteiger charge is -2.10. The van der Waals surface area contributed by atoms with Crippen molar-refractivity contribution < 1.29 is 13.5 Å². The van der Waals surface area contributed by atoms with Gasteiger partial charge in [-0.15, -0.1) is 0 Å². The molecule has 2 aromatic carbocycles. The molecule has 0 saturated heterocycles. The average molecular weight is 298 g/mol. The zero-order chi connectivity index (χ0) is 14.0. The van der Waals surface area contributed by atoms with Gasteiger partial charge in [-0.25, -0.2) is 8.42 Å². The molecule has 0 aliphatic carbocycles. The van der Waals surface area contributed by atoms with E-state index in [1.54, 1.807) is 25.1 Å². The minimum Gasteiger partial charge on any atom is -0.508 e. The fourth-order valence-corrected chi connectivity index (χ4v) is 3.16. The Kier molecular flexibility index (Phi) is 3.68. The number of aryl methyl sites for hydroxylation is 1.